The summed E-state index contributed by atoms with van der Waals surface area (Å²) in [7, 11) is 0. The number of aromatic nitrogens is 3. The second-order valence-electron chi connectivity index (χ2n) is 6.65. The summed E-state index contributed by atoms with van der Waals surface area (Å²) in [6.07, 6.45) is 8.49. The molecule has 1 atom stereocenters. The van der Waals surface area contributed by atoms with E-state index in [0.717, 1.165) is 18.4 Å². The Hall–Kier alpha value is -3.09. The van der Waals surface area contributed by atoms with Crippen molar-refractivity contribution in [3.63, 3.8) is 0 Å². The predicted octanol–water partition coefficient (Wildman–Crippen LogP) is 3.21. The lowest BCUT2D eigenvalue weighted by Crippen LogP contribution is -2.39. The van der Waals surface area contributed by atoms with Crippen LogP contribution in [-0.2, 0) is 6.42 Å². The summed E-state index contributed by atoms with van der Waals surface area (Å²) in [5, 5.41) is 0. The Bertz CT molecular complexity index is 928. The first kappa shape index (κ1) is 17.3. The second-order valence-corrected chi connectivity index (χ2v) is 6.65. The summed E-state index contributed by atoms with van der Waals surface area (Å²) in [5.41, 5.74) is 1.18. The number of nitrogens with zero attached hydrogens (tertiary/aromatic N) is 4. The molecule has 0 spiro atoms. The Morgan fingerprint density at radius 2 is 2.19 bits per heavy atom. The molecule has 0 radical (unpaired) electrons. The van der Waals surface area contributed by atoms with Gasteiger partial charge >= 0.3 is 0 Å². The molecule has 1 aliphatic heterocycles. The van der Waals surface area contributed by atoms with Gasteiger partial charge in [0.15, 0.2) is 5.89 Å². The molecule has 6 nitrogen and oxygen atoms in total. The SMILES string of the molecule is O=C(c1cnccn1)N1CCCC(c2ncc(Cc3cccc(F)c3)o2)C1. The van der Waals surface area contributed by atoms with Gasteiger partial charge in [-0.1, -0.05) is 12.1 Å². The zero-order chi connectivity index (χ0) is 18.6. The number of hydrogen-bond acceptors (Lipinski definition) is 5. The van der Waals surface area contributed by atoms with Crippen molar-refractivity contribution >= 4 is 5.91 Å². The van der Waals surface area contributed by atoms with Crippen LogP contribution in [0.1, 0.15) is 46.5 Å². The third-order valence-corrected chi connectivity index (χ3v) is 4.68. The maximum absolute atomic E-state index is 13.3. The number of amides is 1. The van der Waals surface area contributed by atoms with Gasteiger partial charge in [-0.3, -0.25) is 9.78 Å². The fourth-order valence-electron chi connectivity index (χ4n) is 3.38. The molecule has 4 rings (SSSR count). The normalized spacial score (nSPS) is 17.1. The van der Waals surface area contributed by atoms with Crippen LogP contribution in [0.25, 0.3) is 0 Å². The standard InChI is InChI=1S/C20H19FN4O2/c21-16-5-1-3-14(9-16)10-17-11-24-19(27-17)15-4-2-8-25(13-15)20(26)18-12-22-6-7-23-18/h1,3,5-7,9,11-12,15H,2,4,8,10,13H2. The van der Waals surface area contributed by atoms with E-state index in [0.29, 0.717) is 36.9 Å². The van der Waals surface area contributed by atoms with Gasteiger partial charge in [-0.25, -0.2) is 14.4 Å². The van der Waals surface area contributed by atoms with E-state index in [1.165, 1.54) is 24.5 Å². The molecule has 0 N–H and O–H groups in total. The molecule has 0 saturated carbocycles. The van der Waals surface area contributed by atoms with Crippen molar-refractivity contribution in [1.82, 2.24) is 19.9 Å². The highest BCUT2D eigenvalue weighted by atomic mass is 19.1. The molecule has 27 heavy (non-hydrogen) atoms. The van der Waals surface area contributed by atoms with Crippen molar-refractivity contribution in [3.05, 3.63) is 77.8 Å². The average molecular weight is 366 g/mol. The number of hydrogen-bond donors (Lipinski definition) is 0. The lowest BCUT2D eigenvalue weighted by atomic mass is 9.98. The van der Waals surface area contributed by atoms with E-state index in [1.54, 1.807) is 23.4 Å². The van der Waals surface area contributed by atoms with Crippen LogP contribution >= 0.6 is 0 Å². The largest absolute Gasteiger partial charge is 0.445 e. The third-order valence-electron chi connectivity index (χ3n) is 4.68. The van der Waals surface area contributed by atoms with Crippen molar-refractivity contribution in [2.45, 2.75) is 25.2 Å². The van der Waals surface area contributed by atoms with Gasteiger partial charge in [0.1, 0.15) is 17.3 Å². The fourth-order valence-corrected chi connectivity index (χ4v) is 3.38. The summed E-state index contributed by atoms with van der Waals surface area (Å²) in [5.74, 6) is 0.962. The van der Waals surface area contributed by atoms with E-state index in [-0.39, 0.29) is 17.6 Å². The van der Waals surface area contributed by atoms with Crippen molar-refractivity contribution < 1.29 is 13.6 Å². The van der Waals surface area contributed by atoms with Crippen LogP contribution < -0.4 is 0 Å². The van der Waals surface area contributed by atoms with Crippen LogP contribution in [0, 0.1) is 5.82 Å². The molecule has 1 saturated heterocycles. The number of oxazole rings is 1. The van der Waals surface area contributed by atoms with Gasteiger partial charge in [-0.2, -0.15) is 0 Å². The molecule has 3 aromatic rings. The minimum Gasteiger partial charge on any atom is -0.445 e. The van der Waals surface area contributed by atoms with Crippen LogP contribution in [0.15, 0.2) is 53.5 Å². The molecule has 3 heterocycles. The summed E-state index contributed by atoms with van der Waals surface area (Å²) in [6, 6.07) is 6.44. The van der Waals surface area contributed by atoms with Gasteiger partial charge in [0.2, 0.25) is 0 Å². The first-order chi connectivity index (χ1) is 13.2. The van der Waals surface area contributed by atoms with Gasteiger partial charge in [0.05, 0.1) is 18.3 Å². The monoisotopic (exact) mass is 366 g/mol. The number of benzene rings is 1. The lowest BCUT2D eigenvalue weighted by Gasteiger charge is -2.30. The van der Waals surface area contributed by atoms with Crippen LogP contribution in [0.5, 0.6) is 0 Å². The maximum atomic E-state index is 13.3. The summed E-state index contributed by atoms with van der Waals surface area (Å²) < 4.78 is 19.2. The third kappa shape index (κ3) is 4.02. The maximum Gasteiger partial charge on any atom is 0.274 e. The number of piperidine rings is 1. The van der Waals surface area contributed by atoms with Gasteiger partial charge < -0.3 is 9.32 Å². The Labute approximate surface area is 156 Å². The molecule has 1 aromatic carbocycles. The Morgan fingerprint density at radius 1 is 1.26 bits per heavy atom. The van der Waals surface area contributed by atoms with E-state index in [1.807, 2.05) is 6.07 Å². The topological polar surface area (TPSA) is 72.1 Å². The number of rotatable bonds is 4. The highest BCUT2D eigenvalue weighted by Crippen LogP contribution is 2.28. The van der Waals surface area contributed by atoms with Crippen LogP contribution in [0.4, 0.5) is 4.39 Å². The summed E-state index contributed by atoms with van der Waals surface area (Å²) in [4.78, 5) is 26.8. The Balaban J connectivity index is 1.44. The number of likely N-dealkylation sites (tertiary alicyclic amines) is 1. The molecule has 1 aliphatic rings. The molecule has 1 fully saturated rings. The lowest BCUT2D eigenvalue weighted by molar-refractivity contribution is 0.0691. The predicted molar refractivity (Wildman–Crippen MR) is 95.6 cm³/mol. The quantitative estimate of drug-likeness (QED) is 0.709. The smallest absolute Gasteiger partial charge is 0.274 e. The van der Waals surface area contributed by atoms with E-state index in [4.69, 9.17) is 4.42 Å². The minimum absolute atomic E-state index is 0.0423. The number of carbonyl (C=O) groups excluding carboxylic acids is 1. The molecular weight excluding hydrogens is 347 g/mol. The van der Waals surface area contributed by atoms with Gasteiger partial charge in [0.25, 0.3) is 5.91 Å². The van der Waals surface area contributed by atoms with Crippen molar-refractivity contribution in [3.8, 4) is 0 Å². The first-order valence-corrected chi connectivity index (χ1v) is 8.93. The molecule has 7 heteroatoms. The fraction of sp³-hybridized carbons (Fsp3) is 0.300. The van der Waals surface area contributed by atoms with E-state index in [9.17, 15) is 9.18 Å². The Kier molecular flexibility index (Phi) is 4.91. The average Bonchev–Trinajstić information content (AvgIpc) is 3.17. The molecular formula is C20H19FN4O2. The van der Waals surface area contributed by atoms with Crippen molar-refractivity contribution in [2.75, 3.05) is 13.1 Å². The van der Waals surface area contributed by atoms with Crippen LogP contribution in [0.2, 0.25) is 0 Å². The summed E-state index contributed by atoms with van der Waals surface area (Å²) in [6.45, 7) is 1.22. The zero-order valence-corrected chi connectivity index (χ0v) is 14.7. The molecule has 1 amide bonds. The second kappa shape index (κ2) is 7.65. The Morgan fingerprint density at radius 3 is 3.00 bits per heavy atom. The highest BCUT2D eigenvalue weighted by Gasteiger charge is 2.29. The highest BCUT2D eigenvalue weighted by molar-refractivity contribution is 5.92. The van der Waals surface area contributed by atoms with Crippen LogP contribution in [-0.4, -0.2) is 38.8 Å². The summed E-state index contributed by atoms with van der Waals surface area (Å²) >= 11 is 0. The van der Waals surface area contributed by atoms with Gasteiger partial charge in [-0.05, 0) is 30.5 Å². The van der Waals surface area contributed by atoms with Crippen LogP contribution in [0.3, 0.4) is 0 Å². The van der Waals surface area contributed by atoms with Gasteiger partial charge in [0, 0.05) is 31.9 Å². The van der Waals surface area contributed by atoms with Crippen molar-refractivity contribution in [1.29, 1.82) is 0 Å². The molecule has 0 aliphatic carbocycles. The minimum atomic E-state index is -0.266. The van der Waals surface area contributed by atoms with E-state index in [2.05, 4.69) is 15.0 Å². The van der Waals surface area contributed by atoms with Crippen molar-refractivity contribution in [2.24, 2.45) is 0 Å². The molecule has 2 aromatic heterocycles. The number of carbonyl (C=O) groups is 1. The zero-order valence-electron chi connectivity index (χ0n) is 14.7. The first-order valence-electron chi connectivity index (χ1n) is 8.93. The molecule has 0 bridgehead atoms. The number of halogens is 1. The molecule has 138 valence electrons. The van der Waals surface area contributed by atoms with E-state index < -0.39 is 0 Å². The molecule has 1 unspecified atom stereocenters. The van der Waals surface area contributed by atoms with E-state index >= 15 is 0 Å². The van der Waals surface area contributed by atoms with Gasteiger partial charge in [-0.15, -0.1) is 0 Å².